The molecule has 2 atom stereocenters. The van der Waals surface area contributed by atoms with E-state index >= 15 is 0 Å². The van der Waals surface area contributed by atoms with Gasteiger partial charge in [0, 0.05) is 28.3 Å². The fourth-order valence-corrected chi connectivity index (χ4v) is 4.87. The molecule has 1 fully saturated rings. The van der Waals surface area contributed by atoms with Crippen LogP contribution in [0.15, 0.2) is 24.3 Å². The number of hydrogen-bond acceptors (Lipinski definition) is 2. The van der Waals surface area contributed by atoms with Gasteiger partial charge < -0.3 is 5.32 Å². The minimum atomic E-state index is -0.775. The highest BCUT2D eigenvalue weighted by Crippen LogP contribution is 2.27. The Morgan fingerprint density at radius 1 is 1.29 bits per heavy atom. The first-order valence-corrected chi connectivity index (χ1v) is 9.81. The van der Waals surface area contributed by atoms with E-state index in [1.165, 1.54) is 43.2 Å². The molecule has 0 saturated heterocycles. The second kappa shape index (κ2) is 8.70. The van der Waals surface area contributed by atoms with Gasteiger partial charge >= 0.3 is 0 Å². The van der Waals surface area contributed by atoms with Gasteiger partial charge in [0.2, 0.25) is 0 Å². The van der Waals surface area contributed by atoms with E-state index in [1.807, 2.05) is 0 Å². The number of aryl methyl sites for hydroxylation is 1. The maximum atomic E-state index is 12.5. The molecule has 1 aliphatic rings. The van der Waals surface area contributed by atoms with Crippen LogP contribution < -0.4 is 5.32 Å². The molecule has 0 heterocycles. The zero-order valence-corrected chi connectivity index (χ0v) is 14.3. The predicted octanol–water partition coefficient (Wildman–Crippen LogP) is 3.80. The van der Waals surface area contributed by atoms with Gasteiger partial charge in [0.1, 0.15) is 0 Å². The fraction of sp³-hybridized carbons (Fsp3) is 0.667. The molecular formula is C18H29NOS. The Bertz CT molecular complexity index is 454. The molecular weight excluding hydrogens is 278 g/mol. The Morgan fingerprint density at radius 3 is 2.71 bits per heavy atom. The zero-order chi connectivity index (χ0) is 15.1. The van der Waals surface area contributed by atoms with E-state index in [4.69, 9.17) is 0 Å². The molecule has 0 amide bonds. The van der Waals surface area contributed by atoms with Crippen LogP contribution in [0.3, 0.4) is 0 Å². The van der Waals surface area contributed by atoms with Gasteiger partial charge in [0.25, 0.3) is 0 Å². The molecule has 1 N–H and O–H groups in total. The van der Waals surface area contributed by atoms with Crippen LogP contribution in [-0.4, -0.2) is 22.5 Å². The summed E-state index contributed by atoms with van der Waals surface area (Å²) in [5.41, 5.74) is 2.45. The topological polar surface area (TPSA) is 29.1 Å². The summed E-state index contributed by atoms with van der Waals surface area (Å²) in [7, 11) is -0.775. The van der Waals surface area contributed by atoms with Crippen molar-refractivity contribution in [1.82, 2.24) is 5.32 Å². The van der Waals surface area contributed by atoms with Crippen LogP contribution in [0.1, 0.15) is 50.2 Å². The minimum absolute atomic E-state index is 0.431. The van der Waals surface area contributed by atoms with Crippen LogP contribution in [0.25, 0.3) is 0 Å². The minimum Gasteiger partial charge on any atom is -0.313 e. The Morgan fingerprint density at radius 2 is 2.05 bits per heavy atom. The van der Waals surface area contributed by atoms with Crippen molar-refractivity contribution in [1.29, 1.82) is 0 Å². The van der Waals surface area contributed by atoms with Crippen LogP contribution in [0.5, 0.6) is 0 Å². The van der Waals surface area contributed by atoms with Crippen molar-refractivity contribution < 1.29 is 4.21 Å². The first kappa shape index (κ1) is 16.7. The number of nitrogens with one attached hydrogen (secondary N) is 1. The third-order valence-electron chi connectivity index (χ3n) is 4.46. The smallest absolute Gasteiger partial charge is 0.0486 e. The molecule has 1 saturated carbocycles. The summed E-state index contributed by atoms with van der Waals surface area (Å²) in [5, 5.41) is 3.59. The molecule has 2 rings (SSSR count). The highest BCUT2D eigenvalue weighted by Gasteiger charge is 2.24. The molecule has 0 spiro atoms. The van der Waals surface area contributed by atoms with Gasteiger partial charge in [-0.15, -0.1) is 0 Å². The molecule has 3 heteroatoms. The fourth-order valence-electron chi connectivity index (χ4n) is 3.41. The van der Waals surface area contributed by atoms with Crippen molar-refractivity contribution >= 4 is 10.8 Å². The van der Waals surface area contributed by atoms with Crippen molar-refractivity contribution in [2.24, 2.45) is 5.92 Å². The van der Waals surface area contributed by atoms with E-state index in [0.29, 0.717) is 11.8 Å². The molecule has 21 heavy (non-hydrogen) atoms. The molecule has 2 unspecified atom stereocenters. The lowest BCUT2D eigenvalue weighted by molar-refractivity contribution is 0.287. The molecule has 1 aliphatic carbocycles. The lowest BCUT2D eigenvalue weighted by atomic mass is 9.84. The summed E-state index contributed by atoms with van der Waals surface area (Å²) in [5.74, 6) is 2.21. The van der Waals surface area contributed by atoms with Crippen LogP contribution in [0.2, 0.25) is 0 Å². The van der Waals surface area contributed by atoms with Gasteiger partial charge in [-0.25, -0.2) is 0 Å². The average molecular weight is 308 g/mol. The Labute approximate surface area is 132 Å². The van der Waals surface area contributed by atoms with Crippen molar-refractivity contribution in [3.8, 4) is 0 Å². The van der Waals surface area contributed by atoms with Gasteiger partial charge in [0.05, 0.1) is 0 Å². The molecule has 2 nitrogen and oxygen atoms in total. The van der Waals surface area contributed by atoms with Crippen LogP contribution >= 0.6 is 0 Å². The van der Waals surface area contributed by atoms with Gasteiger partial charge in [-0.1, -0.05) is 56.0 Å². The third kappa shape index (κ3) is 5.55. The highest BCUT2D eigenvalue weighted by atomic mass is 32.2. The first-order chi connectivity index (χ1) is 10.2. The molecule has 118 valence electrons. The number of rotatable bonds is 7. The van der Waals surface area contributed by atoms with E-state index in [1.54, 1.807) is 0 Å². The van der Waals surface area contributed by atoms with Gasteiger partial charge in [0.15, 0.2) is 0 Å². The monoisotopic (exact) mass is 307 g/mol. The summed E-state index contributed by atoms with van der Waals surface area (Å²) >= 11 is 0. The van der Waals surface area contributed by atoms with Gasteiger partial charge in [-0.3, -0.25) is 4.21 Å². The molecule has 0 aromatic heterocycles. The van der Waals surface area contributed by atoms with Crippen molar-refractivity contribution in [3.63, 3.8) is 0 Å². The van der Waals surface area contributed by atoms with E-state index in [0.717, 1.165) is 18.2 Å². The quantitative estimate of drug-likeness (QED) is 0.830. The molecule has 0 aliphatic heterocycles. The second-order valence-corrected chi connectivity index (χ2v) is 7.80. The number of hydrogen-bond donors (Lipinski definition) is 1. The normalized spacial score (nSPS) is 19.3. The standard InChI is InChI=1S/C18H29NOS/c1-3-19-18(17-10-5-4-6-11-17)14-21(20)13-16-9-7-8-15(2)12-16/h7-9,12,17-19H,3-6,10-11,13-14H2,1-2H3. The molecule has 1 aromatic rings. The zero-order valence-electron chi connectivity index (χ0n) is 13.4. The van der Waals surface area contributed by atoms with Crippen LogP contribution in [0.4, 0.5) is 0 Å². The summed E-state index contributed by atoms with van der Waals surface area (Å²) in [4.78, 5) is 0. The molecule has 1 aromatic carbocycles. The third-order valence-corrected chi connectivity index (χ3v) is 5.85. The highest BCUT2D eigenvalue weighted by molar-refractivity contribution is 7.84. The summed E-state index contributed by atoms with van der Waals surface area (Å²) in [6, 6.07) is 8.83. The van der Waals surface area contributed by atoms with Gasteiger partial charge in [-0.05, 0) is 37.8 Å². The van der Waals surface area contributed by atoms with Crippen molar-refractivity contribution in [3.05, 3.63) is 35.4 Å². The van der Waals surface area contributed by atoms with E-state index in [-0.39, 0.29) is 0 Å². The van der Waals surface area contributed by atoms with Crippen LogP contribution in [0, 0.1) is 12.8 Å². The summed E-state index contributed by atoms with van der Waals surface area (Å²) < 4.78 is 12.5. The average Bonchev–Trinajstić information content (AvgIpc) is 2.47. The summed E-state index contributed by atoms with van der Waals surface area (Å²) in [6.07, 6.45) is 6.68. The first-order valence-electron chi connectivity index (χ1n) is 8.33. The predicted molar refractivity (Wildman–Crippen MR) is 91.9 cm³/mol. The summed E-state index contributed by atoms with van der Waals surface area (Å²) in [6.45, 7) is 5.22. The Balaban J connectivity index is 1.91. The second-order valence-electron chi connectivity index (χ2n) is 6.30. The van der Waals surface area contributed by atoms with E-state index in [9.17, 15) is 4.21 Å². The lowest BCUT2D eigenvalue weighted by Gasteiger charge is -2.30. The Kier molecular flexibility index (Phi) is 6.91. The largest absolute Gasteiger partial charge is 0.313 e. The maximum Gasteiger partial charge on any atom is 0.0486 e. The Hall–Kier alpha value is -0.670. The van der Waals surface area contributed by atoms with Crippen molar-refractivity contribution in [2.45, 2.75) is 57.7 Å². The molecule has 0 bridgehead atoms. The molecule has 0 radical (unpaired) electrons. The van der Waals surface area contributed by atoms with Crippen LogP contribution in [-0.2, 0) is 16.6 Å². The SMILES string of the molecule is CCNC(CS(=O)Cc1cccc(C)c1)C1CCCCC1. The van der Waals surface area contributed by atoms with Gasteiger partial charge in [-0.2, -0.15) is 0 Å². The lowest BCUT2D eigenvalue weighted by Crippen LogP contribution is -2.41. The van der Waals surface area contributed by atoms with Crippen molar-refractivity contribution in [2.75, 3.05) is 12.3 Å². The maximum absolute atomic E-state index is 12.5. The number of benzene rings is 1. The van der Waals surface area contributed by atoms with E-state index < -0.39 is 10.8 Å². The van der Waals surface area contributed by atoms with E-state index in [2.05, 4.69) is 43.4 Å².